The molecule has 30 heavy (non-hydrogen) atoms. The zero-order valence-electron chi connectivity index (χ0n) is 16.3. The van der Waals surface area contributed by atoms with Crippen molar-refractivity contribution in [1.29, 1.82) is 0 Å². The van der Waals surface area contributed by atoms with Crippen LogP contribution in [0.15, 0.2) is 41.6 Å². The Morgan fingerprint density at radius 3 is 2.53 bits per heavy atom. The number of fused-ring (bicyclic) bond motifs is 1. The number of rotatable bonds is 5. The van der Waals surface area contributed by atoms with E-state index in [9.17, 15) is 19.7 Å². The minimum Gasteiger partial charge on any atom is -0.497 e. The van der Waals surface area contributed by atoms with E-state index in [1.807, 2.05) is 0 Å². The molecular weight excluding hydrogens is 394 g/mol. The van der Waals surface area contributed by atoms with Crippen LogP contribution < -0.4 is 14.4 Å². The third-order valence-corrected chi connectivity index (χ3v) is 5.14. The van der Waals surface area contributed by atoms with Gasteiger partial charge in [0.05, 0.1) is 24.8 Å². The molecule has 0 bridgehead atoms. The SMILES string of the molecule is COc1ccc(C2=NO[C@@H]3C(=O)N(c4ccc(C)c([N+](=O)[O-])c4)C(=O)[C@H]23)c(OC)c1. The molecule has 0 spiro atoms. The number of imide groups is 1. The van der Waals surface area contributed by atoms with Crippen LogP contribution in [0.25, 0.3) is 0 Å². The number of anilines is 1. The summed E-state index contributed by atoms with van der Waals surface area (Å²) in [5, 5.41) is 15.2. The summed E-state index contributed by atoms with van der Waals surface area (Å²) in [6, 6.07) is 9.16. The van der Waals surface area contributed by atoms with Gasteiger partial charge in [0.15, 0.2) is 0 Å². The second-order valence-corrected chi connectivity index (χ2v) is 6.79. The fourth-order valence-electron chi connectivity index (χ4n) is 3.60. The highest BCUT2D eigenvalue weighted by Crippen LogP contribution is 2.39. The molecule has 4 rings (SSSR count). The highest BCUT2D eigenvalue weighted by atomic mass is 16.7. The van der Waals surface area contributed by atoms with E-state index in [1.165, 1.54) is 32.4 Å². The topological polar surface area (TPSA) is 121 Å². The van der Waals surface area contributed by atoms with Gasteiger partial charge in [0.25, 0.3) is 11.6 Å². The second-order valence-electron chi connectivity index (χ2n) is 6.79. The molecule has 2 aromatic carbocycles. The Morgan fingerprint density at radius 2 is 1.87 bits per heavy atom. The molecule has 0 aliphatic carbocycles. The summed E-state index contributed by atoms with van der Waals surface area (Å²) in [4.78, 5) is 43.0. The lowest BCUT2D eigenvalue weighted by Crippen LogP contribution is -2.33. The third-order valence-electron chi connectivity index (χ3n) is 5.14. The highest BCUT2D eigenvalue weighted by Gasteiger charge is 2.56. The molecular formula is C20H17N3O7. The van der Waals surface area contributed by atoms with Gasteiger partial charge in [-0.2, -0.15) is 0 Å². The fourth-order valence-corrected chi connectivity index (χ4v) is 3.60. The van der Waals surface area contributed by atoms with Crippen molar-refractivity contribution in [2.45, 2.75) is 13.0 Å². The number of hydrogen-bond acceptors (Lipinski definition) is 8. The number of nitro benzene ring substituents is 1. The molecule has 0 aromatic heterocycles. The average molecular weight is 411 g/mol. The van der Waals surface area contributed by atoms with Crippen LogP contribution in [0.3, 0.4) is 0 Å². The minimum atomic E-state index is -1.14. The van der Waals surface area contributed by atoms with E-state index in [-0.39, 0.29) is 17.1 Å². The Kier molecular flexibility index (Phi) is 4.61. The van der Waals surface area contributed by atoms with Crippen LogP contribution in [-0.2, 0) is 14.4 Å². The zero-order chi connectivity index (χ0) is 21.6. The number of aryl methyl sites for hydroxylation is 1. The maximum Gasteiger partial charge on any atom is 0.278 e. The molecule has 2 heterocycles. The predicted octanol–water partition coefficient (Wildman–Crippen LogP) is 2.21. The Labute approximate surface area is 170 Å². The van der Waals surface area contributed by atoms with E-state index in [2.05, 4.69) is 5.16 Å². The number of oxime groups is 1. The fraction of sp³-hybridized carbons (Fsp3) is 0.250. The maximum atomic E-state index is 13.2. The monoisotopic (exact) mass is 411 g/mol. The van der Waals surface area contributed by atoms with E-state index in [0.29, 0.717) is 22.6 Å². The lowest BCUT2D eigenvalue weighted by atomic mass is 9.93. The van der Waals surface area contributed by atoms with E-state index in [0.717, 1.165) is 4.90 Å². The Hall–Kier alpha value is -3.95. The number of methoxy groups -OCH3 is 2. The zero-order valence-corrected chi connectivity index (χ0v) is 16.3. The normalized spacial score (nSPS) is 20.0. The Balaban J connectivity index is 1.72. The second kappa shape index (κ2) is 7.14. The van der Waals surface area contributed by atoms with Crippen LogP contribution in [0, 0.1) is 23.0 Å². The predicted molar refractivity (Wildman–Crippen MR) is 105 cm³/mol. The first kappa shape index (κ1) is 19.4. The lowest BCUT2D eigenvalue weighted by Gasteiger charge is -2.16. The van der Waals surface area contributed by atoms with Gasteiger partial charge in [-0.15, -0.1) is 0 Å². The molecule has 0 saturated carbocycles. The van der Waals surface area contributed by atoms with Gasteiger partial charge in [0.1, 0.15) is 23.1 Å². The minimum absolute atomic E-state index is 0.112. The molecule has 10 nitrogen and oxygen atoms in total. The van der Waals surface area contributed by atoms with Crippen molar-refractivity contribution in [2.75, 3.05) is 19.1 Å². The number of nitro groups is 1. The van der Waals surface area contributed by atoms with Crippen molar-refractivity contribution in [1.82, 2.24) is 0 Å². The molecule has 2 atom stereocenters. The van der Waals surface area contributed by atoms with Gasteiger partial charge in [-0.25, -0.2) is 4.90 Å². The molecule has 0 radical (unpaired) electrons. The van der Waals surface area contributed by atoms with Crippen molar-refractivity contribution < 1.29 is 28.8 Å². The molecule has 2 aliphatic heterocycles. The van der Waals surface area contributed by atoms with Crippen molar-refractivity contribution in [3.8, 4) is 11.5 Å². The Bertz CT molecular complexity index is 1110. The van der Waals surface area contributed by atoms with E-state index < -0.39 is 28.8 Å². The summed E-state index contributed by atoms with van der Waals surface area (Å²) < 4.78 is 10.6. The van der Waals surface area contributed by atoms with Crippen molar-refractivity contribution in [2.24, 2.45) is 11.1 Å². The molecule has 1 saturated heterocycles. The molecule has 1 fully saturated rings. The van der Waals surface area contributed by atoms with Crippen LogP contribution in [0.4, 0.5) is 11.4 Å². The smallest absolute Gasteiger partial charge is 0.278 e. The van der Waals surface area contributed by atoms with E-state index in [1.54, 1.807) is 25.1 Å². The Morgan fingerprint density at radius 1 is 1.10 bits per heavy atom. The van der Waals surface area contributed by atoms with E-state index in [4.69, 9.17) is 14.3 Å². The number of benzene rings is 2. The highest BCUT2D eigenvalue weighted by molar-refractivity contribution is 6.32. The first-order valence-corrected chi connectivity index (χ1v) is 8.96. The van der Waals surface area contributed by atoms with Gasteiger partial charge in [0.2, 0.25) is 12.0 Å². The quantitative estimate of drug-likeness (QED) is 0.420. The van der Waals surface area contributed by atoms with Gasteiger partial charge in [-0.3, -0.25) is 19.7 Å². The summed E-state index contributed by atoms with van der Waals surface area (Å²) in [6.07, 6.45) is -1.14. The van der Waals surface area contributed by atoms with Crippen LogP contribution in [0.5, 0.6) is 11.5 Å². The standard InChI is InChI=1S/C20H17N3O7/c1-10-4-5-11(8-14(10)23(26)27)22-19(24)16-17(21-30-18(16)20(22)25)13-7-6-12(28-2)9-15(13)29-3/h4-9,16,18H,1-3H3/t16-,18+/m1/s1. The van der Waals surface area contributed by atoms with Crippen LogP contribution >= 0.6 is 0 Å². The number of carbonyl (C=O) groups excluding carboxylic acids is 2. The summed E-state index contributed by atoms with van der Waals surface area (Å²) in [7, 11) is 2.98. The number of nitrogens with zero attached hydrogens (tertiary/aromatic N) is 3. The molecule has 2 aromatic rings. The van der Waals surface area contributed by atoms with Gasteiger partial charge in [-0.05, 0) is 25.1 Å². The summed E-state index contributed by atoms with van der Waals surface area (Å²) in [5.41, 5.74) is 1.09. The lowest BCUT2D eigenvalue weighted by molar-refractivity contribution is -0.385. The molecule has 2 amide bonds. The summed E-state index contributed by atoms with van der Waals surface area (Å²) in [5.74, 6) is -1.23. The molecule has 0 N–H and O–H groups in total. The third kappa shape index (κ3) is 2.84. The number of hydrogen-bond donors (Lipinski definition) is 0. The number of amides is 2. The van der Waals surface area contributed by atoms with Crippen LogP contribution in [0.2, 0.25) is 0 Å². The number of ether oxygens (including phenoxy) is 2. The average Bonchev–Trinajstić information content (AvgIpc) is 3.28. The molecule has 154 valence electrons. The molecule has 0 unspecified atom stereocenters. The van der Waals surface area contributed by atoms with Gasteiger partial charge in [0, 0.05) is 23.3 Å². The summed E-state index contributed by atoms with van der Waals surface area (Å²) >= 11 is 0. The molecule has 10 heteroatoms. The van der Waals surface area contributed by atoms with Crippen molar-refractivity contribution >= 4 is 28.9 Å². The van der Waals surface area contributed by atoms with Crippen molar-refractivity contribution in [3.63, 3.8) is 0 Å². The maximum absolute atomic E-state index is 13.2. The summed E-state index contributed by atoms with van der Waals surface area (Å²) in [6.45, 7) is 1.58. The van der Waals surface area contributed by atoms with Gasteiger partial charge >= 0.3 is 0 Å². The van der Waals surface area contributed by atoms with Crippen LogP contribution in [0.1, 0.15) is 11.1 Å². The van der Waals surface area contributed by atoms with Crippen LogP contribution in [-0.4, -0.2) is 42.8 Å². The van der Waals surface area contributed by atoms with Gasteiger partial charge in [-0.1, -0.05) is 11.2 Å². The first-order chi connectivity index (χ1) is 14.4. The van der Waals surface area contributed by atoms with Crippen molar-refractivity contribution in [3.05, 3.63) is 57.6 Å². The number of carbonyl (C=O) groups is 2. The van der Waals surface area contributed by atoms with E-state index >= 15 is 0 Å². The first-order valence-electron chi connectivity index (χ1n) is 8.96. The largest absolute Gasteiger partial charge is 0.497 e. The van der Waals surface area contributed by atoms with Gasteiger partial charge < -0.3 is 14.3 Å². The molecule has 2 aliphatic rings.